The maximum Gasteiger partial charge on any atom is 0.124 e. The first kappa shape index (κ1) is 14.9. The lowest BCUT2D eigenvalue weighted by molar-refractivity contribution is 0.340. The third-order valence-corrected chi connectivity index (χ3v) is 4.85. The molecular weight excluding hydrogens is 314 g/mol. The molecule has 118 valence electrons. The molecule has 0 saturated carbocycles. The molecule has 0 aliphatic heterocycles. The molecule has 24 heavy (non-hydrogen) atoms. The van der Waals surface area contributed by atoms with Crippen molar-refractivity contribution in [2.45, 2.75) is 6.92 Å². The van der Waals surface area contributed by atoms with Gasteiger partial charge in [0, 0.05) is 16.5 Å². The molecule has 0 atom stereocenters. The Bertz CT molecular complexity index is 972. The summed E-state index contributed by atoms with van der Waals surface area (Å²) in [7, 11) is 0. The molecule has 0 aliphatic carbocycles. The van der Waals surface area contributed by atoms with Crippen molar-refractivity contribution >= 4 is 22.1 Å². The maximum absolute atomic E-state index is 5.50. The third kappa shape index (κ3) is 2.91. The zero-order valence-electron chi connectivity index (χ0n) is 13.4. The van der Waals surface area contributed by atoms with Crippen LogP contribution < -0.4 is 4.74 Å². The summed E-state index contributed by atoms with van der Waals surface area (Å²) in [5.41, 5.74) is 3.30. The molecule has 0 amide bonds. The van der Waals surface area contributed by atoms with E-state index in [2.05, 4.69) is 60.0 Å². The SMILES string of the molecule is CCOc1ccc(-c2nc(-c3ccc4ccccc4c3)cs2)cc1. The molecule has 0 saturated heterocycles. The molecule has 0 aliphatic rings. The first-order chi connectivity index (χ1) is 11.8. The molecule has 1 aromatic heterocycles. The van der Waals surface area contributed by atoms with Crippen molar-refractivity contribution in [3.63, 3.8) is 0 Å². The minimum Gasteiger partial charge on any atom is -0.494 e. The highest BCUT2D eigenvalue weighted by atomic mass is 32.1. The molecule has 2 nitrogen and oxygen atoms in total. The van der Waals surface area contributed by atoms with Crippen molar-refractivity contribution < 1.29 is 4.74 Å². The van der Waals surface area contributed by atoms with Crippen LogP contribution in [0.25, 0.3) is 32.6 Å². The Morgan fingerprint density at radius 2 is 1.62 bits per heavy atom. The normalized spacial score (nSPS) is 10.9. The Hall–Kier alpha value is -2.65. The van der Waals surface area contributed by atoms with Gasteiger partial charge >= 0.3 is 0 Å². The van der Waals surface area contributed by atoms with E-state index in [-0.39, 0.29) is 0 Å². The van der Waals surface area contributed by atoms with Crippen molar-refractivity contribution in [2.75, 3.05) is 6.61 Å². The van der Waals surface area contributed by atoms with E-state index < -0.39 is 0 Å². The van der Waals surface area contributed by atoms with Gasteiger partial charge < -0.3 is 4.74 Å². The van der Waals surface area contributed by atoms with E-state index >= 15 is 0 Å². The third-order valence-electron chi connectivity index (χ3n) is 3.96. The lowest BCUT2D eigenvalue weighted by atomic mass is 10.1. The molecule has 0 fully saturated rings. The van der Waals surface area contributed by atoms with Gasteiger partial charge in [-0.15, -0.1) is 11.3 Å². The van der Waals surface area contributed by atoms with Crippen LogP contribution in [0.1, 0.15) is 6.92 Å². The van der Waals surface area contributed by atoms with Gasteiger partial charge in [-0.2, -0.15) is 0 Å². The predicted molar refractivity (Wildman–Crippen MR) is 102 cm³/mol. The van der Waals surface area contributed by atoms with Gasteiger partial charge in [-0.05, 0) is 48.0 Å². The highest BCUT2D eigenvalue weighted by molar-refractivity contribution is 7.13. The van der Waals surface area contributed by atoms with Gasteiger partial charge in [-0.3, -0.25) is 0 Å². The molecule has 0 unspecified atom stereocenters. The second-order valence-corrected chi connectivity index (χ2v) is 6.42. The van der Waals surface area contributed by atoms with Crippen molar-refractivity contribution in [1.29, 1.82) is 0 Å². The van der Waals surface area contributed by atoms with Crippen molar-refractivity contribution in [3.05, 3.63) is 72.1 Å². The number of aromatic nitrogens is 1. The Labute approximate surface area is 145 Å². The fraction of sp³-hybridized carbons (Fsp3) is 0.0952. The highest BCUT2D eigenvalue weighted by Crippen LogP contribution is 2.31. The minimum atomic E-state index is 0.683. The molecule has 3 aromatic carbocycles. The summed E-state index contributed by atoms with van der Waals surface area (Å²) in [6.07, 6.45) is 0. The summed E-state index contributed by atoms with van der Waals surface area (Å²) < 4.78 is 5.50. The molecular formula is C21H17NOS. The molecule has 4 rings (SSSR count). The Balaban J connectivity index is 1.65. The van der Waals surface area contributed by atoms with Gasteiger partial charge in [0.1, 0.15) is 10.8 Å². The van der Waals surface area contributed by atoms with Gasteiger partial charge in [0.15, 0.2) is 0 Å². The lowest BCUT2D eigenvalue weighted by Gasteiger charge is -2.03. The van der Waals surface area contributed by atoms with Crippen LogP contribution in [-0.2, 0) is 0 Å². The first-order valence-electron chi connectivity index (χ1n) is 8.01. The van der Waals surface area contributed by atoms with Gasteiger partial charge in [-0.25, -0.2) is 4.98 Å². The number of rotatable bonds is 4. The fourth-order valence-corrected chi connectivity index (χ4v) is 3.58. The van der Waals surface area contributed by atoms with Crippen LogP contribution in [0.2, 0.25) is 0 Å². The van der Waals surface area contributed by atoms with Crippen molar-refractivity contribution in [2.24, 2.45) is 0 Å². The van der Waals surface area contributed by atoms with Gasteiger partial charge in [0.05, 0.1) is 12.3 Å². The number of ether oxygens (including phenoxy) is 1. The number of hydrogen-bond acceptors (Lipinski definition) is 3. The predicted octanol–water partition coefficient (Wildman–Crippen LogP) is 6.03. The second kappa shape index (κ2) is 6.46. The van der Waals surface area contributed by atoms with E-state index in [0.717, 1.165) is 27.6 Å². The van der Waals surface area contributed by atoms with Crippen LogP contribution in [0.4, 0.5) is 0 Å². The zero-order chi connectivity index (χ0) is 16.4. The van der Waals surface area contributed by atoms with E-state index in [1.54, 1.807) is 11.3 Å². The number of hydrogen-bond donors (Lipinski definition) is 0. The topological polar surface area (TPSA) is 22.1 Å². The molecule has 0 radical (unpaired) electrons. The Kier molecular flexibility index (Phi) is 4.01. The van der Waals surface area contributed by atoms with Gasteiger partial charge in [0.2, 0.25) is 0 Å². The largest absolute Gasteiger partial charge is 0.494 e. The van der Waals surface area contributed by atoms with Crippen LogP contribution in [0.15, 0.2) is 72.1 Å². The van der Waals surface area contributed by atoms with E-state index in [1.165, 1.54) is 10.8 Å². The summed E-state index contributed by atoms with van der Waals surface area (Å²) in [6.45, 7) is 2.67. The van der Waals surface area contributed by atoms with E-state index in [9.17, 15) is 0 Å². The summed E-state index contributed by atoms with van der Waals surface area (Å²) >= 11 is 1.67. The average Bonchev–Trinajstić information content (AvgIpc) is 3.12. The Morgan fingerprint density at radius 1 is 0.875 bits per heavy atom. The zero-order valence-corrected chi connectivity index (χ0v) is 14.2. The standard InChI is InChI=1S/C21H17NOS/c1-2-23-19-11-9-16(10-12-19)21-22-20(14-24-21)18-8-7-15-5-3-4-6-17(15)13-18/h3-14H,2H2,1H3. The van der Waals surface area contributed by atoms with Crippen LogP contribution in [0.3, 0.4) is 0 Å². The van der Waals surface area contributed by atoms with Crippen molar-refractivity contribution in [1.82, 2.24) is 4.98 Å². The van der Waals surface area contributed by atoms with Crippen LogP contribution in [0, 0.1) is 0 Å². The Morgan fingerprint density at radius 3 is 2.42 bits per heavy atom. The van der Waals surface area contributed by atoms with E-state index in [4.69, 9.17) is 9.72 Å². The minimum absolute atomic E-state index is 0.683. The molecule has 0 bridgehead atoms. The molecule has 3 heteroatoms. The van der Waals surface area contributed by atoms with Crippen LogP contribution in [-0.4, -0.2) is 11.6 Å². The van der Waals surface area contributed by atoms with Crippen LogP contribution >= 0.6 is 11.3 Å². The number of benzene rings is 3. The highest BCUT2D eigenvalue weighted by Gasteiger charge is 2.07. The van der Waals surface area contributed by atoms with Gasteiger partial charge in [-0.1, -0.05) is 36.4 Å². The van der Waals surface area contributed by atoms with E-state index in [1.807, 2.05) is 19.1 Å². The molecule has 0 spiro atoms. The summed E-state index contributed by atoms with van der Waals surface area (Å²) in [6, 6.07) is 23.0. The monoisotopic (exact) mass is 331 g/mol. The summed E-state index contributed by atoms with van der Waals surface area (Å²) in [4.78, 5) is 4.81. The van der Waals surface area contributed by atoms with Gasteiger partial charge in [0.25, 0.3) is 0 Å². The van der Waals surface area contributed by atoms with Crippen LogP contribution in [0.5, 0.6) is 5.75 Å². The second-order valence-electron chi connectivity index (χ2n) is 5.56. The maximum atomic E-state index is 5.50. The number of nitrogens with zero attached hydrogens (tertiary/aromatic N) is 1. The summed E-state index contributed by atoms with van der Waals surface area (Å²) in [5.74, 6) is 0.896. The molecule has 4 aromatic rings. The van der Waals surface area contributed by atoms with Crippen molar-refractivity contribution in [3.8, 4) is 27.6 Å². The fourth-order valence-electron chi connectivity index (χ4n) is 2.75. The number of fused-ring (bicyclic) bond motifs is 1. The summed E-state index contributed by atoms with van der Waals surface area (Å²) in [5, 5.41) is 5.64. The quantitative estimate of drug-likeness (QED) is 0.455. The molecule has 1 heterocycles. The lowest BCUT2D eigenvalue weighted by Crippen LogP contribution is -1.90. The first-order valence-corrected chi connectivity index (χ1v) is 8.89. The molecule has 0 N–H and O–H groups in total. The number of thiazole rings is 1. The van der Waals surface area contributed by atoms with E-state index in [0.29, 0.717) is 6.61 Å². The average molecular weight is 331 g/mol. The smallest absolute Gasteiger partial charge is 0.124 e.